The van der Waals surface area contributed by atoms with Crippen molar-refractivity contribution in [2.75, 3.05) is 20.7 Å². The monoisotopic (exact) mass is 570 g/mol. The van der Waals surface area contributed by atoms with Gasteiger partial charge in [0, 0.05) is 38.2 Å². The molecule has 0 fully saturated rings. The highest BCUT2D eigenvalue weighted by Crippen LogP contribution is 2.16. The van der Waals surface area contributed by atoms with Crippen LogP contribution in [0.3, 0.4) is 0 Å². The van der Waals surface area contributed by atoms with Gasteiger partial charge in [-0.1, -0.05) is 48.5 Å². The van der Waals surface area contributed by atoms with Gasteiger partial charge < -0.3 is 29.8 Å². The van der Waals surface area contributed by atoms with Crippen molar-refractivity contribution in [3.8, 4) is 5.75 Å². The van der Waals surface area contributed by atoms with Crippen molar-refractivity contribution in [3.05, 3.63) is 118 Å². The zero-order valence-electron chi connectivity index (χ0n) is 24.5. The smallest absolute Gasteiger partial charge is 0.253 e. The molecule has 0 bridgehead atoms. The lowest BCUT2D eigenvalue weighted by molar-refractivity contribution is 0.0783. The fourth-order valence-electron chi connectivity index (χ4n) is 4.72. The molecule has 3 aromatic carbocycles. The van der Waals surface area contributed by atoms with Crippen molar-refractivity contribution in [2.45, 2.75) is 45.5 Å². The zero-order chi connectivity index (χ0) is 30.1. The summed E-state index contributed by atoms with van der Waals surface area (Å²) in [7, 11) is 3.31. The number of carbonyl (C=O) groups excluding carboxylic acids is 2. The Morgan fingerprint density at radius 3 is 2.40 bits per heavy atom. The van der Waals surface area contributed by atoms with Crippen molar-refractivity contribution < 1.29 is 23.8 Å². The quantitative estimate of drug-likeness (QED) is 0.222. The SMILES string of the molecule is COc1cccc(CNC[C@@H](O)[C@H](Cc2ccccc2)NC(=O)c2cccc(C(=O)N(C)Cc3nc(C)oc3C)c2)c1. The predicted octanol–water partition coefficient (Wildman–Crippen LogP) is 4.06. The normalized spacial score (nSPS) is 12.4. The number of aliphatic hydroxyl groups excluding tert-OH is 1. The average molecular weight is 571 g/mol. The molecule has 9 heteroatoms. The van der Waals surface area contributed by atoms with Gasteiger partial charge in [0.2, 0.25) is 0 Å². The average Bonchev–Trinajstić information content (AvgIpc) is 3.32. The number of aryl methyl sites for hydroxylation is 2. The minimum absolute atomic E-state index is 0.243. The number of rotatable bonds is 13. The van der Waals surface area contributed by atoms with Crippen LogP contribution in [0.1, 0.15) is 49.2 Å². The molecule has 2 amide bonds. The Bertz CT molecular complexity index is 1490. The van der Waals surface area contributed by atoms with Crippen LogP contribution in [0.15, 0.2) is 83.3 Å². The van der Waals surface area contributed by atoms with E-state index in [4.69, 9.17) is 9.15 Å². The Kier molecular flexibility index (Phi) is 10.5. The van der Waals surface area contributed by atoms with E-state index >= 15 is 0 Å². The van der Waals surface area contributed by atoms with Gasteiger partial charge in [0.15, 0.2) is 5.89 Å². The summed E-state index contributed by atoms with van der Waals surface area (Å²) in [5.41, 5.74) is 3.40. The van der Waals surface area contributed by atoms with Crippen molar-refractivity contribution >= 4 is 11.8 Å². The van der Waals surface area contributed by atoms with Gasteiger partial charge in [-0.15, -0.1) is 0 Å². The summed E-state index contributed by atoms with van der Waals surface area (Å²) in [6.07, 6.45) is -0.434. The van der Waals surface area contributed by atoms with Gasteiger partial charge in [-0.2, -0.15) is 0 Å². The number of ether oxygens (including phenoxy) is 1. The third-order valence-electron chi connectivity index (χ3n) is 7.00. The summed E-state index contributed by atoms with van der Waals surface area (Å²) < 4.78 is 10.8. The van der Waals surface area contributed by atoms with E-state index in [-0.39, 0.29) is 24.9 Å². The van der Waals surface area contributed by atoms with Crippen LogP contribution in [0, 0.1) is 13.8 Å². The summed E-state index contributed by atoms with van der Waals surface area (Å²) in [5, 5.41) is 17.4. The van der Waals surface area contributed by atoms with Crippen LogP contribution in [0.25, 0.3) is 0 Å². The first-order chi connectivity index (χ1) is 20.2. The Balaban J connectivity index is 1.43. The first-order valence-corrected chi connectivity index (χ1v) is 13.9. The molecule has 4 rings (SSSR count). The number of benzene rings is 3. The Labute approximate surface area is 246 Å². The largest absolute Gasteiger partial charge is 0.497 e. The third-order valence-corrected chi connectivity index (χ3v) is 7.00. The lowest BCUT2D eigenvalue weighted by Crippen LogP contribution is -2.48. The maximum Gasteiger partial charge on any atom is 0.253 e. The highest BCUT2D eigenvalue weighted by molar-refractivity contribution is 5.99. The molecular weight excluding hydrogens is 532 g/mol. The number of amides is 2. The number of oxazole rings is 1. The van der Waals surface area contributed by atoms with Crippen molar-refractivity contribution in [3.63, 3.8) is 0 Å². The number of hydrogen-bond donors (Lipinski definition) is 3. The highest BCUT2D eigenvalue weighted by atomic mass is 16.5. The lowest BCUT2D eigenvalue weighted by Gasteiger charge is -2.25. The molecule has 9 nitrogen and oxygen atoms in total. The topological polar surface area (TPSA) is 117 Å². The summed E-state index contributed by atoms with van der Waals surface area (Å²) in [4.78, 5) is 32.4. The molecule has 1 aromatic heterocycles. The molecule has 0 radical (unpaired) electrons. The molecule has 0 saturated heterocycles. The molecule has 2 atom stereocenters. The van der Waals surface area contributed by atoms with Crippen LogP contribution in [-0.2, 0) is 19.5 Å². The van der Waals surface area contributed by atoms with Crippen molar-refractivity contribution in [1.29, 1.82) is 0 Å². The summed E-state index contributed by atoms with van der Waals surface area (Å²) >= 11 is 0. The van der Waals surface area contributed by atoms with E-state index < -0.39 is 12.1 Å². The molecule has 0 saturated carbocycles. The second kappa shape index (κ2) is 14.4. The number of nitrogens with zero attached hydrogens (tertiary/aromatic N) is 2. The number of carbonyl (C=O) groups is 2. The zero-order valence-corrected chi connectivity index (χ0v) is 24.5. The molecular formula is C33H38N4O5. The highest BCUT2D eigenvalue weighted by Gasteiger charge is 2.23. The van der Waals surface area contributed by atoms with Crippen molar-refractivity contribution in [1.82, 2.24) is 20.5 Å². The Morgan fingerprint density at radius 1 is 0.976 bits per heavy atom. The summed E-state index contributed by atoms with van der Waals surface area (Å²) in [6.45, 7) is 4.66. The number of nitrogens with one attached hydrogen (secondary N) is 2. The van der Waals surface area contributed by atoms with Gasteiger partial charge in [-0.3, -0.25) is 9.59 Å². The first-order valence-electron chi connectivity index (χ1n) is 13.9. The molecule has 0 unspecified atom stereocenters. The van der Waals surface area contributed by atoms with Crippen molar-refractivity contribution in [2.24, 2.45) is 0 Å². The van der Waals surface area contributed by atoms with Crippen LogP contribution >= 0.6 is 0 Å². The maximum atomic E-state index is 13.4. The number of aliphatic hydroxyl groups is 1. The predicted molar refractivity (Wildman–Crippen MR) is 160 cm³/mol. The second-order valence-corrected chi connectivity index (χ2v) is 10.3. The van der Waals surface area contributed by atoms with E-state index in [0.29, 0.717) is 41.4 Å². The van der Waals surface area contributed by atoms with Gasteiger partial charge in [-0.05, 0) is 54.8 Å². The molecule has 3 N–H and O–H groups in total. The first kappa shape index (κ1) is 30.5. The fourth-order valence-corrected chi connectivity index (χ4v) is 4.72. The number of methoxy groups -OCH3 is 1. The molecule has 42 heavy (non-hydrogen) atoms. The Hall–Kier alpha value is -4.47. The number of aromatic nitrogens is 1. The van der Waals surface area contributed by atoms with Crippen LogP contribution in [-0.4, -0.2) is 59.7 Å². The maximum absolute atomic E-state index is 13.4. The van der Waals surface area contributed by atoms with E-state index in [9.17, 15) is 14.7 Å². The van der Waals surface area contributed by atoms with E-state index in [1.807, 2.05) is 61.5 Å². The van der Waals surface area contributed by atoms with Crippen LogP contribution in [0.4, 0.5) is 0 Å². The molecule has 0 aliphatic carbocycles. The van der Waals surface area contributed by atoms with E-state index in [1.54, 1.807) is 45.3 Å². The van der Waals surface area contributed by atoms with Gasteiger partial charge in [0.1, 0.15) is 17.2 Å². The third kappa shape index (κ3) is 8.28. The lowest BCUT2D eigenvalue weighted by atomic mass is 10.00. The van der Waals surface area contributed by atoms with E-state index in [1.165, 1.54) is 4.90 Å². The fraction of sp³-hybridized carbons (Fsp3) is 0.303. The molecule has 0 aliphatic heterocycles. The molecule has 220 valence electrons. The van der Waals surface area contributed by atoms with Crippen LogP contribution < -0.4 is 15.4 Å². The summed E-state index contributed by atoms with van der Waals surface area (Å²) in [6, 6.07) is 23.4. The minimum atomic E-state index is -0.870. The molecule has 1 heterocycles. The van der Waals surface area contributed by atoms with E-state index in [2.05, 4.69) is 15.6 Å². The van der Waals surface area contributed by atoms with Gasteiger partial charge in [-0.25, -0.2) is 4.98 Å². The van der Waals surface area contributed by atoms with Crippen LogP contribution in [0.5, 0.6) is 5.75 Å². The van der Waals surface area contributed by atoms with Crippen LogP contribution in [0.2, 0.25) is 0 Å². The molecule has 0 aliphatic rings. The Morgan fingerprint density at radius 2 is 1.69 bits per heavy atom. The van der Waals surface area contributed by atoms with E-state index in [0.717, 1.165) is 16.9 Å². The molecule has 0 spiro atoms. The van der Waals surface area contributed by atoms with Gasteiger partial charge >= 0.3 is 0 Å². The summed E-state index contributed by atoms with van der Waals surface area (Å²) in [5.74, 6) is 1.36. The van der Waals surface area contributed by atoms with Gasteiger partial charge in [0.25, 0.3) is 11.8 Å². The standard InChI is InChI=1S/C33H38N4O5/c1-22-30(35-23(2)42-22)21-37(3)33(40)27-14-9-13-26(18-27)32(39)36-29(17-24-10-6-5-7-11-24)31(38)20-34-19-25-12-8-15-28(16-25)41-4/h5-16,18,29,31,34,38H,17,19-21H2,1-4H3,(H,36,39)/t29-,31+/m0/s1. The van der Waals surface area contributed by atoms with Gasteiger partial charge in [0.05, 0.1) is 25.8 Å². The number of hydrogen-bond acceptors (Lipinski definition) is 7. The minimum Gasteiger partial charge on any atom is -0.497 e. The molecule has 4 aromatic rings. The second-order valence-electron chi connectivity index (χ2n) is 10.3.